The standard InChI is InChI=1S/C12H18ClN3OS/c1-16(5-6-18-2)8-12(17)15-9-3-4-10(13)11(14)7-9/h3-4,7H,5-6,8,14H2,1-2H3,(H,15,17). The quantitative estimate of drug-likeness (QED) is 0.787. The molecule has 0 saturated heterocycles. The summed E-state index contributed by atoms with van der Waals surface area (Å²) in [7, 11) is 1.92. The van der Waals surface area contributed by atoms with Crippen LogP contribution in [0, 0.1) is 0 Å². The van der Waals surface area contributed by atoms with E-state index in [4.69, 9.17) is 17.3 Å². The molecule has 0 aromatic heterocycles. The Morgan fingerprint density at radius 2 is 2.28 bits per heavy atom. The van der Waals surface area contributed by atoms with E-state index < -0.39 is 0 Å². The third-order valence-corrected chi connectivity index (χ3v) is 3.31. The Hall–Kier alpha value is -0.910. The molecule has 1 aromatic carbocycles. The maximum absolute atomic E-state index is 11.7. The molecule has 0 spiro atoms. The SMILES string of the molecule is CSCCN(C)CC(=O)Nc1ccc(Cl)c(N)c1. The zero-order chi connectivity index (χ0) is 13.5. The molecule has 0 aliphatic rings. The molecule has 0 radical (unpaired) electrons. The normalized spacial score (nSPS) is 10.7. The van der Waals surface area contributed by atoms with Gasteiger partial charge in [0.05, 0.1) is 17.3 Å². The summed E-state index contributed by atoms with van der Waals surface area (Å²) in [6.45, 7) is 1.25. The molecule has 0 saturated carbocycles. The van der Waals surface area contributed by atoms with Crippen LogP contribution in [0.25, 0.3) is 0 Å². The van der Waals surface area contributed by atoms with Gasteiger partial charge in [-0.3, -0.25) is 9.69 Å². The fourth-order valence-corrected chi connectivity index (χ4v) is 2.01. The van der Waals surface area contributed by atoms with Gasteiger partial charge in [0, 0.05) is 18.0 Å². The number of halogens is 1. The fraction of sp³-hybridized carbons (Fsp3) is 0.417. The van der Waals surface area contributed by atoms with Crippen molar-refractivity contribution in [2.45, 2.75) is 0 Å². The van der Waals surface area contributed by atoms with Gasteiger partial charge in [-0.1, -0.05) is 11.6 Å². The van der Waals surface area contributed by atoms with Gasteiger partial charge in [-0.2, -0.15) is 11.8 Å². The third kappa shape index (κ3) is 5.16. The summed E-state index contributed by atoms with van der Waals surface area (Å²) < 4.78 is 0. The second kappa shape index (κ2) is 7.51. The van der Waals surface area contributed by atoms with Crippen LogP contribution in [0.2, 0.25) is 5.02 Å². The zero-order valence-corrected chi connectivity index (χ0v) is 12.1. The fourth-order valence-electron chi connectivity index (χ4n) is 1.39. The van der Waals surface area contributed by atoms with E-state index in [-0.39, 0.29) is 5.91 Å². The van der Waals surface area contributed by atoms with E-state index in [1.165, 1.54) is 0 Å². The van der Waals surface area contributed by atoms with Crippen LogP contribution in [-0.2, 0) is 4.79 Å². The van der Waals surface area contributed by atoms with E-state index in [1.54, 1.807) is 30.0 Å². The van der Waals surface area contributed by atoms with Crippen LogP contribution in [0.4, 0.5) is 11.4 Å². The Kier molecular flexibility index (Phi) is 6.32. The van der Waals surface area contributed by atoms with Crippen LogP contribution >= 0.6 is 23.4 Å². The molecule has 18 heavy (non-hydrogen) atoms. The first-order chi connectivity index (χ1) is 8.52. The lowest BCUT2D eigenvalue weighted by Gasteiger charge is -2.15. The lowest BCUT2D eigenvalue weighted by atomic mass is 10.3. The summed E-state index contributed by atoms with van der Waals surface area (Å²) in [6.07, 6.45) is 2.05. The van der Waals surface area contributed by atoms with Gasteiger partial charge in [-0.15, -0.1) is 0 Å². The number of nitrogens with two attached hydrogens (primary N) is 1. The molecule has 0 bridgehead atoms. The average molecular weight is 288 g/mol. The first-order valence-electron chi connectivity index (χ1n) is 5.55. The molecule has 3 N–H and O–H groups in total. The van der Waals surface area contributed by atoms with Gasteiger partial charge in [0.2, 0.25) is 5.91 Å². The Labute approximate surface area is 117 Å². The van der Waals surface area contributed by atoms with Crippen molar-refractivity contribution in [2.75, 3.05) is 43.2 Å². The first-order valence-corrected chi connectivity index (χ1v) is 7.32. The molecule has 0 heterocycles. The molecule has 100 valence electrons. The molecular weight excluding hydrogens is 270 g/mol. The number of hydrogen-bond donors (Lipinski definition) is 2. The number of rotatable bonds is 6. The summed E-state index contributed by atoms with van der Waals surface area (Å²) in [4.78, 5) is 13.7. The van der Waals surface area contributed by atoms with Crippen molar-refractivity contribution in [3.05, 3.63) is 23.2 Å². The molecule has 1 rings (SSSR count). The molecule has 0 aliphatic carbocycles. The number of carbonyl (C=O) groups is 1. The van der Waals surface area contributed by atoms with Gasteiger partial charge in [-0.25, -0.2) is 0 Å². The van der Waals surface area contributed by atoms with E-state index in [1.807, 2.05) is 18.2 Å². The maximum Gasteiger partial charge on any atom is 0.238 e. The van der Waals surface area contributed by atoms with Crippen molar-refractivity contribution < 1.29 is 4.79 Å². The lowest BCUT2D eigenvalue weighted by molar-refractivity contribution is -0.117. The maximum atomic E-state index is 11.7. The monoisotopic (exact) mass is 287 g/mol. The molecule has 0 fully saturated rings. The van der Waals surface area contributed by atoms with Crippen molar-refractivity contribution in [2.24, 2.45) is 0 Å². The number of hydrogen-bond acceptors (Lipinski definition) is 4. The Balaban J connectivity index is 2.46. The summed E-state index contributed by atoms with van der Waals surface area (Å²) in [6, 6.07) is 5.06. The number of nitrogens with zero attached hydrogens (tertiary/aromatic N) is 1. The Bertz CT molecular complexity index is 414. The number of anilines is 2. The highest BCUT2D eigenvalue weighted by Crippen LogP contribution is 2.22. The molecule has 1 aromatic rings. The highest BCUT2D eigenvalue weighted by atomic mass is 35.5. The predicted molar refractivity (Wildman–Crippen MR) is 80.4 cm³/mol. The van der Waals surface area contributed by atoms with E-state index in [0.717, 1.165) is 12.3 Å². The zero-order valence-electron chi connectivity index (χ0n) is 10.6. The number of likely N-dealkylation sites (N-methyl/N-ethyl adjacent to an activating group) is 1. The summed E-state index contributed by atoms with van der Waals surface area (Å²) in [5.41, 5.74) is 6.80. The van der Waals surface area contributed by atoms with Crippen molar-refractivity contribution in [1.82, 2.24) is 4.90 Å². The predicted octanol–water partition coefficient (Wildman–Crippen LogP) is 2.16. The number of nitrogens with one attached hydrogen (secondary N) is 1. The second-order valence-corrected chi connectivity index (χ2v) is 5.41. The molecule has 0 atom stereocenters. The van der Waals surface area contributed by atoms with Crippen molar-refractivity contribution in [3.8, 4) is 0 Å². The Morgan fingerprint density at radius 3 is 2.89 bits per heavy atom. The molecule has 0 aliphatic heterocycles. The molecule has 1 amide bonds. The van der Waals surface area contributed by atoms with Crippen molar-refractivity contribution in [1.29, 1.82) is 0 Å². The molecular formula is C12H18ClN3OS. The van der Waals surface area contributed by atoms with E-state index >= 15 is 0 Å². The topological polar surface area (TPSA) is 58.4 Å². The van der Waals surface area contributed by atoms with Crippen LogP contribution in [-0.4, -0.2) is 43.0 Å². The minimum absolute atomic E-state index is 0.0553. The van der Waals surface area contributed by atoms with E-state index in [9.17, 15) is 4.79 Å². The van der Waals surface area contributed by atoms with Gasteiger partial charge < -0.3 is 11.1 Å². The summed E-state index contributed by atoms with van der Waals surface area (Å²) in [5, 5.41) is 3.28. The first kappa shape index (κ1) is 15.1. The van der Waals surface area contributed by atoms with Gasteiger partial charge in [0.1, 0.15) is 0 Å². The number of thioether (sulfide) groups is 1. The van der Waals surface area contributed by atoms with E-state index in [0.29, 0.717) is 22.9 Å². The van der Waals surface area contributed by atoms with E-state index in [2.05, 4.69) is 5.32 Å². The Morgan fingerprint density at radius 1 is 1.56 bits per heavy atom. The minimum Gasteiger partial charge on any atom is -0.397 e. The van der Waals surface area contributed by atoms with Gasteiger partial charge in [-0.05, 0) is 31.5 Å². The smallest absolute Gasteiger partial charge is 0.238 e. The molecule has 6 heteroatoms. The third-order valence-electron chi connectivity index (χ3n) is 2.37. The highest BCUT2D eigenvalue weighted by molar-refractivity contribution is 7.98. The van der Waals surface area contributed by atoms with Crippen LogP contribution in [0.3, 0.4) is 0 Å². The summed E-state index contributed by atoms with van der Waals surface area (Å²) in [5.74, 6) is 0.956. The lowest BCUT2D eigenvalue weighted by Crippen LogP contribution is -2.31. The van der Waals surface area contributed by atoms with Gasteiger partial charge in [0.25, 0.3) is 0 Å². The van der Waals surface area contributed by atoms with Crippen molar-refractivity contribution in [3.63, 3.8) is 0 Å². The van der Waals surface area contributed by atoms with Crippen molar-refractivity contribution >= 4 is 40.6 Å². The van der Waals surface area contributed by atoms with Gasteiger partial charge >= 0.3 is 0 Å². The van der Waals surface area contributed by atoms with Crippen LogP contribution in [0.5, 0.6) is 0 Å². The number of carbonyl (C=O) groups excluding carboxylic acids is 1. The number of benzene rings is 1. The highest BCUT2D eigenvalue weighted by Gasteiger charge is 2.07. The number of nitrogen functional groups attached to an aromatic ring is 1. The average Bonchev–Trinajstić information content (AvgIpc) is 2.31. The summed E-state index contributed by atoms with van der Waals surface area (Å²) >= 11 is 7.57. The minimum atomic E-state index is -0.0553. The van der Waals surface area contributed by atoms with Crippen LogP contribution < -0.4 is 11.1 Å². The van der Waals surface area contributed by atoms with Crippen LogP contribution in [0.15, 0.2) is 18.2 Å². The number of amides is 1. The largest absolute Gasteiger partial charge is 0.397 e. The second-order valence-electron chi connectivity index (χ2n) is 4.02. The van der Waals surface area contributed by atoms with Crippen LogP contribution in [0.1, 0.15) is 0 Å². The molecule has 0 unspecified atom stereocenters. The van der Waals surface area contributed by atoms with Gasteiger partial charge in [0.15, 0.2) is 0 Å². The molecule has 4 nitrogen and oxygen atoms in total.